The van der Waals surface area contributed by atoms with Crippen molar-refractivity contribution in [3.05, 3.63) is 35.6 Å². The number of nitrogens with zero attached hydrogens (tertiary/aromatic N) is 1. The van der Waals surface area contributed by atoms with Gasteiger partial charge in [-0.15, -0.1) is 0 Å². The molecule has 0 spiro atoms. The number of aliphatic hydroxyl groups excluding tert-OH is 1. The summed E-state index contributed by atoms with van der Waals surface area (Å²) in [5.74, 6) is -0.924. The number of carbonyl (C=O) groups excluding carboxylic acids is 1. The summed E-state index contributed by atoms with van der Waals surface area (Å²) in [5, 5.41) is 11.0. The second kappa shape index (κ2) is 7.32. The van der Waals surface area contributed by atoms with Gasteiger partial charge >= 0.3 is 0 Å². The smallest absolute Gasteiger partial charge is 0.235 e. The minimum Gasteiger partial charge on any atom is -0.395 e. The van der Waals surface area contributed by atoms with Crippen LogP contribution in [0.25, 0.3) is 0 Å². The van der Waals surface area contributed by atoms with Gasteiger partial charge in [-0.1, -0.05) is 12.1 Å². The van der Waals surface area contributed by atoms with Gasteiger partial charge in [-0.25, -0.2) is 12.8 Å². The van der Waals surface area contributed by atoms with Crippen LogP contribution < -0.4 is 5.32 Å². The predicted octanol–water partition coefficient (Wildman–Crippen LogP) is -0.304. The van der Waals surface area contributed by atoms with Gasteiger partial charge in [0.05, 0.1) is 19.4 Å². The van der Waals surface area contributed by atoms with Crippen LogP contribution in [0.3, 0.4) is 0 Å². The second-order valence-electron chi connectivity index (χ2n) is 4.23. The third-order valence-electron chi connectivity index (χ3n) is 2.50. The average Bonchev–Trinajstić information content (AvgIpc) is 2.37. The third kappa shape index (κ3) is 5.64. The summed E-state index contributed by atoms with van der Waals surface area (Å²) in [6.45, 7) is -0.530. The van der Waals surface area contributed by atoms with Crippen LogP contribution >= 0.6 is 0 Å². The standard InChI is InChI=1S/C12H17FN2O4S/c1-20(18,19)15(9-12(17)14-6-7-16)8-10-2-4-11(13)5-3-10/h2-5,16H,6-9H2,1H3,(H,14,17). The Morgan fingerprint density at radius 3 is 2.45 bits per heavy atom. The van der Waals surface area contributed by atoms with Gasteiger partial charge in [0.15, 0.2) is 0 Å². The van der Waals surface area contributed by atoms with E-state index >= 15 is 0 Å². The van der Waals surface area contributed by atoms with E-state index in [4.69, 9.17) is 5.11 Å². The Labute approximate surface area is 117 Å². The van der Waals surface area contributed by atoms with Crippen molar-refractivity contribution in [2.45, 2.75) is 6.54 Å². The zero-order valence-corrected chi connectivity index (χ0v) is 11.9. The van der Waals surface area contributed by atoms with Gasteiger partial charge < -0.3 is 10.4 Å². The maximum Gasteiger partial charge on any atom is 0.235 e. The van der Waals surface area contributed by atoms with E-state index in [9.17, 15) is 17.6 Å². The van der Waals surface area contributed by atoms with E-state index in [1.165, 1.54) is 24.3 Å². The Kier molecular flexibility index (Phi) is 6.05. The summed E-state index contributed by atoms with van der Waals surface area (Å²) in [4.78, 5) is 11.5. The lowest BCUT2D eigenvalue weighted by Gasteiger charge is -2.19. The molecule has 0 aliphatic rings. The van der Waals surface area contributed by atoms with Crippen molar-refractivity contribution in [1.82, 2.24) is 9.62 Å². The highest BCUT2D eigenvalue weighted by atomic mass is 32.2. The second-order valence-corrected chi connectivity index (χ2v) is 6.21. The molecule has 0 aliphatic heterocycles. The van der Waals surface area contributed by atoms with E-state index in [1.54, 1.807) is 0 Å². The topological polar surface area (TPSA) is 86.7 Å². The van der Waals surface area contributed by atoms with E-state index in [0.29, 0.717) is 5.56 Å². The first kappa shape index (κ1) is 16.5. The Hall–Kier alpha value is -1.51. The molecule has 8 heteroatoms. The fraction of sp³-hybridized carbons (Fsp3) is 0.417. The normalized spacial score (nSPS) is 11.6. The molecule has 0 aliphatic carbocycles. The van der Waals surface area contributed by atoms with Crippen molar-refractivity contribution < 1.29 is 22.7 Å². The SMILES string of the molecule is CS(=O)(=O)N(CC(=O)NCCO)Cc1ccc(F)cc1. The molecule has 0 heterocycles. The van der Waals surface area contributed by atoms with Gasteiger partial charge in [0.25, 0.3) is 0 Å². The third-order valence-corrected chi connectivity index (χ3v) is 3.69. The summed E-state index contributed by atoms with van der Waals surface area (Å²) in [7, 11) is -3.58. The van der Waals surface area contributed by atoms with E-state index < -0.39 is 21.7 Å². The molecule has 1 amide bonds. The number of hydrogen-bond donors (Lipinski definition) is 2. The molecule has 2 N–H and O–H groups in total. The van der Waals surface area contributed by atoms with Gasteiger partial charge in [0.2, 0.25) is 15.9 Å². The highest BCUT2D eigenvalue weighted by molar-refractivity contribution is 7.88. The van der Waals surface area contributed by atoms with Crippen molar-refractivity contribution in [2.24, 2.45) is 0 Å². The van der Waals surface area contributed by atoms with Crippen LogP contribution in [-0.4, -0.2) is 49.7 Å². The fourth-order valence-corrected chi connectivity index (χ4v) is 2.23. The maximum atomic E-state index is 12.8. The van der Waals surface area contributed by atoms with Gasteiger partial charge in [-0.05, 0) is 17.7 Å². The number of hydrogen-bond acceptors (Lipinski definition) is 4. The summed E-state index contributed by atoms with van der Waals surface area (Å²) < 4.78 is 37.0. The molecule has 0 saturated carbocycles. The number of sulfonamides is 1. The Morgan fingerprint density at radius 1 is 1.35 bits per heavy atom. The Balaban J connectivity index is 2.75. The molecule has 0 saturated heterocycles. The Bertz CT molecular complexity index is 545. The highest BCUT2D eigenvalue weighted by Gasteiger charge is 2.20. The molecule has 20 heavy (non-hydrogen) atoms. The fourth-order valence-electron chi connectivity index (χ4n) is 1.50. The predicted molar refractivity (Wildman–Crippen MR) is 71.7 cm³/mol. The summed E-state index contributed by atoms with van der Waals surface area (Å²) in [6, 6.07) is 5.36. The molecule has 1 rings (SSSR count). The number of aliphatic hydroxyl groups is 1. The van der Waals surface area contributed by atoms with Gasteiger partial charge in [0.1, 0.15) is 5.82 Å². The van der Waals surface area contributed by atoms with Crippen LogP contribution in [0.5, 0.6) is 0 Å². The molecule has 1 aromatic rings. The first-order valence-corrected chi connectivity index (χ1v) is 7.75. The van der Waals surface area contributed by atoms with E-state index in [1.807, 2.05) is 0 Å². The molecular weight excluding hydrogens is 287 g/mol. The van der Waals surface area contributed by atoms with E-state index in [-0.39, 0.29) is 26.2 Å². The average molecular weight is 304 g/mol. The van der Waals surface area contributed by atoms with Crippen molar-refractivity contribution >= 4 is 15.9 Å². The lowest BCUT2D eigenvalue weighted by atomic mass is 10.2. The lowest BCUT2D eigenvalue weighted by molar-refractivity contribution is -0.121. The molecule has 1 aromatic carbocycles. The van der Waals surface area contributed by atoms with Crippen LogP contribution in [-0.2, 0) is 21.4 Å². The van der Waals surface area contributed by atoms with Crippen LogP contribution in [0.4, 0.5) is 4.39 Å². The molecule has 0 aromatic heterocycles. The minimum atomic E-state index is -3.58. The van der Waals surface area contributed by atoms with Crippen molar-refractivity contribution in [1.29, 1.82) is 0 Å². The summed E-state index contributed by atoms with van der Waals surface area (Å²) >= 11 is 0. The monoisotopic (exact) mass is 304 g/mol. The largest absolute Gasteiger partial charge is 0.395 e. The molecular formula is C12H17FN2O4S. The van der Waals surface area contributed by atoms with Crippen LogP contribution in [0.2, 0.25) is 0 Å². The zero-order chi connectivity index (χ0) is 15.2. The minimum absolute atomic E-state index is 0.0222. The molecule has 0 fully saturated rings. The maximum absolute atomic E-state index is 12.8. The molecule has 0 atom stereocenters. The van der Waals surface area contributed by atoms with Crippen LogP contribution in [0.15, 0.2) is 24.3 Å². The number of benzene rings is 1. The first-order chi connectivity index (χ1) is 9.32. The molecule has 112 valence electrons. The van der Waals surface area contributed by atoms with E-state index in [0.717, 1.165) is 10.6 Å². The number of carbonyl (C=O) groups is 1. The van der Waals surface area contributed by atoms with Gasteiger partial charge in [-0.2, -0.15) is 4.31 Å². The molecule has 0 unspecified atom stereocenters. The van der Waals surface area contributed by atoms with Crippen molar-refractivity contribution in [3.63, 3.8) is 0 Å². The number of amides is 1. The summed E-state index contributed by atoms with van der Waals surface area (Å²) in [6.07, 6.45) is 0.996. The van der Waals surface area contributed by atoms with Crippen LogP contribution in [0.1, 0.15) is 5.56 Å². The van der Waals surface area contributed by atoms with Gasteiger partial charge in [-0.3, -0.25) is 4.79 Å². The Morgan fingerprint density at radius 2 is 1.95 bits per heavy atom. The van der Waals surface area contributed by atoms with E-state index in [2.05, 4.69) is 5.32 Å². The quantitative estimate of drug-likeness (QED) is 0.724. The van der Waals surface area contributed by atoms with Gasteiger partial charge in [0, 0.05) is 13.1 Å². The number of rotatable bonds is 7. The molecule has 6 nitrogen and oxygen atoms in total. The lowest BCUT2D eigenvalue weighted by Crippen LogP contribution is -2.40. The number of halogens is 1. The van der Waals surface area contributed by atoms with Crippen LogP contribution in [0, 0.1) is 5.82 Å². The van der Waals surface area contributed by atoms with Crippen molar-refractivity contribution in [3.8, 4) is 0 Å². The highest BCUT2D eigenvalue weighted by Crippen LogP contribution is 2.09. The van der Waals surface area contributed by atoms with Crippen molar-refractivity contribution in [2.75, 3.05) is 26.0 Å². The first-order valence-electron chi connectivity index (χ1n) is 5.90. The molecule has 0 radical (unpaired) electrons. The molecule has 0 bridgehead atoms. The summed E-state index contributed by atoms with van der Waals surface area (Å²) in [5.41, 5.74) is 0.576. The number of nitrogens with one attached hydrogen (secondary N) is 1. The zero-order valence-electron chi connectivity index (χ0n) is 11.0.